The van der Waals surface area contributed by atoms with Crippen LogP contribution in [0.5, 0.6) is 0 Å². The number of thioether (sulfide) groups is 1. The van der Waals surface area contributed by atoms with Crippen LogP contribution in [-0.2, 0) is 0 Å². The molecule has 2 N–H and O–H groups in total. The van der Waals surface area contributed by atoms with Crippen LogP contribution in [0.1, 0.15) is 25.7 Å². The molecule has 0 amide bonds. The average Bonchev–Trinajstić information content (AvgIpc) is 2.84. The van der Waals surface area contributed by atoms with Crippen molar-refractivity contribution in [3.63, 3.8) is 0 Å². The first-order valence-electron chi connectivity index (χ1n) is 6.75. The summed E-state index contributed by atoms with van der Waals surface area (Å²) in [7, 11) is 1.96. The van der Waals surface area contributed by atoms with Crippen molar-refractivity contribution in [2.75, 3.05) is 19.4 Å². The lowest BCUT2D eigenvalue weighted by Gasteiger charge is -2.33. The maximum atomic E-state index is 9.64. The molecule has 106 valence electrons. The summed E-state index contributed by atoms with van der Waals surface area (Å²) >= 11 is 7.80. The van der Waals surface area contributed by atoms with E-state index in [1.807, 2.05) is 19.2 Å². The standard InChI is InChI=1S/C14H21ClN2OS/c1-16-14(10-18)7-2-4-11(14)6-9-19-13-12(15)5-3-8-17-13/h3,5,8,11,16,18H,2,4,6-7,9-10H2,1H3. The highest BCUT2D eigenvalue weighted by atomic mass is 35.5. The number of nitrogens with zero attached hydrogens (tertiary/aromatic N) is 1. The second kappa shape index (κ2) is 6.93. The molecule has 1 heterocycles. The lowest BCUT2D eigenvalue weighted by atomic mass is 9.86. The van der Waals surface area contributed by atoms with Crippen LogP contribution in [0.15, 0.2) is 23.4 Å². The third kappa shape index (κ3) is 3.43. The minimum absolute atomic E-state index is 0.0749. The first-order chi connectivity index (χ1) is 9.22. The van der Waals surface area contributed by atoms with E-state index < -0.39 is 0 Å². The highest BCUT2D eigenvalue weighted by molar-refractivity contribution is 7.99. The smallest absolute Gasteiger partial charge is 0.115 e. The van der Waals surface area contributed by atoms with Crippen molar-refractivity contribution in [3.8, 4) is 0 Å². The summed E-state index contributed by atoms with van der Waals surface area (Å²) in [5, 5.41) is 14.6. The van der Waals surface area contributed by atoms with Crippen LogP contribution in [-0.4, -0.2) is 35.0 Å². The zero-order chi connectivity index (χ0) is 13.7. The maximum absolute atomic E-state index is 9.64. The highest BCUT2D eigenvalue weighted by Crippen LogP contribution is 2.38. The quantitative estimate of drug-likeness (QED) is 0.793. The number of aliphatic hydroxyl groups is 1. The molecule has 1 aromatic heterocycles. The molecule has 0 radical (unpaired) electrons. The summed E-state index contributed by atoms with van der Waals surface area (Å²) in [6.07, 6.45) is 6.31. The molecule has 2 atom stereocenters. The Balaban J connectivity index is 1.87. The number of hydrogen-bond acceptors (Lipinski definition) is 4. The predicted molar refractivity (Wildman–Crippen MR) is 80.8 cm³/mol. The molecule has 0 aromatic carbocycles. The van der Waals surface area contributed by atoms with Gasteiger partial charge < -0.3 is 10.4 Å². The van der Waals surface area contributed by atoms with Gasteiger partial charge in [0.15, 0.2) is 0 Å². The van der Waals surface area contributed by atoms with E-state index in [0.717, 1.165) is 28.6 Å². The summed E-state index contributed by atoms with van der Waals surface area (Å²) in [6, 6.07) is 3.72. The van der Waals surface area contributed by atoms with Gasteiger partial charge >= 0.3 is 0 Å². The van der Waals surface area contributed by atoms with Gasteiger partial charge in [0, 0.05) is 11.7 Å². The van der Waals surface area contributed by atoms with E-state index in [4.69, 9.17) is 11.6 Å². The molecule has 1 fully saturated rings. The molecule has 19 heavy (non-hydrogen) atoms. The molecule has 1 saturated carbocycles. The van der Waals surface area contributed by atoms with Gasteiger partial charge in [-0.3, -0.25) is 0 Å². The van der Waals surface area contributed by atoms with Gasteiger partial charge in [-0.2, -0.15) is 0 Å². The predicted octanol–water partition coefficient (Wildman–Crippen LogP) is 2.97. The number of aromatic nitrogens is 1. The fraction of sp³-hybridized carbons (Fsp3) is 0.643. The van der Waals surface area contributed by atoms with E-state index in [2.05, 4.69) is 10.3 Å². The van der Waals surface area contributed by atoms with Crippen molar-refractivity contribution in [2.45, 2.75) is 36.2 Å². The Hall–Kier alpha value is -0.290. The van der Waals surface area contributed by atoms with Gasteiger partial charge in [-0.1, -0.05) is 18.0 Å². The van der Waals surface area contributed by atoms with E-state index in [1.54, 1.807) is 18.0 Å². The van der Waals surface area contributed by atoms with Gasteiger partial charge in [0.2, 0.25) is 0 Å². The van der Waals surface area contributed by atoms with Crippen molar-refractivity contribution in [1.82, 2.24) is 10.3 Å². The second-order valence-electron chi connectivity index (χ2n) is 5.08. The molecule has 1 aliphatic carbocycles. The molecular formula is C14H21ClN2OS. The Bertz CT molecular complexity index is 412. The molecule has 2 rings (SSSR count). The van der Waals surface area contributed by atoms with Gasteiger partial charge in [0.05, 0.1) is 11.6 Å². The minimum Gasteiger partial charge on any atom is -0.394 e. The molecule has 0 aliphatic heterocycles. The molecule has 0 bridgehead atoms. The topological polar surface area (TPSA) is 45.1 Å². The maximum Gasteiger partial charge on any atom is 0.115 e. The van der Waals surface area contributed by atoms with Crippen molar-refractivity contribution in [2.24, 2.45) is 5.92 Å². The van der Waals surface area contributed by atoms with Crippen LogP contribution >= 0.6 is 23.4 Å². The van der Waals surface area contributed by atoms with E-state index in [-0.39, 0.29) is 12.1 Å². The van der Waals surface area contributed by atoms with Crippen LogP contribution in [0.4, 0.5) is 0 Å². The number of likely N-dealkylation sites (N-methyl/N-ethyl adjacent to an activating group) is 1. The van der Waals surface area contributed by atoms with Gasteiger partial charge in [0.1, 0.15) is 5.03 Å². The Morgan fingerprint density at radius 3 is 3.16 bits per heavy atom. The SMILES string of the molecule is CNC1(CO)CCCC1CCSc1ncccc1Cl. The molecule has 0 saturated heterocycles. The highest BCUT2D eigenvalue weighted by Gasteiger charge is 2.40. The van der Waals surface area contributed by atoms with Gasteiger partial charge in [0.25, 0.3) is 0 Å². The second-order valence-corrected chi connectivity index (χ2v) is 6.57. The van der Waals surface area contributed by atoms with Crippen LogP contribution in [0.2, 0.25) is 5.02 Å². The summed E-state index contributed by atoms with van der Waals surface area (Å²) in [6.45, 7) is 0.225. The Kier molecular flexibility index (Phi) is 5.51. The third-order valence-electron chi connectivity index (χ3n) is 4.17. The molecular weight excluding hydrogens is 280 g/mol. The normalized spacial score (nSPS) is 26.8. The Morgan fingerprint density at radius 1 is 1.63 bits per heavy atom. The lowest BCUT2D eigenvalue weighted by molar-refractivity contribution is 0.130. The van der Waals surface area contributed by atoms with Crippen molar-refractivity contribution < 1.29 is 5.11 Å². The Labute approximate surface area is 124 Å². The number of hydrogen-bond donors (Lipinski definition) is 2. The Morgan fingerprint density at radius 2 is 2.47 bits per heavy atom. The van der Waals surface area contributed by atoms with E-state index in [0.29, 0.717) is 5.92 Å². The van der Waals surface area contributed by atoms with Gasteiger partial charge in [-0.25, -0.2) is 4.98 Å². The number of rotatable bonds is 6. The van der Waals surface area contributed by atoms with Crippen molar-refractivity contribution in [3.05, 3.63) is 23.4 Å². The van der Waals surface area contributed by atoms with Gasteiger partial charge in [-0.05, 0) is 50.1 Å². The molecule has 1 aliphatic rings. The zero-order valence-electron chi connectivity index (χ0n) is 11.2. The lowest BCUT2D eigenvalue weighted by Crippen LogP contribution is -2.49. The van der Waals surface area contributed by atoms with Crippen molar-refractivity contribution >= 4 is 23.4 Å². The third-order valence-corrected chi connectivity index (χ3v) is 5.62. The fourth-order valence-electron chi connectivity index (χ4n) is 2.96. The number of halogens is 1. The van der Waals surface area contributed by atoms with Crippen LogP contribution in [0, 0.1) is 5.92 Å². The largest absolute Gasteiger partial charge is 0.394 e. The van der Waals surface area contributed by atoms with Crippen molar-refractivity contribution in [1.29, 1.82) is 0 Å². The molecule has 1 aromatic rings. The molecule has 5 heteroatoms. The summed E-state index contributed by atoms with van der Waals surface area (Å²) < 4.78 is 0. The average molecular weight is 301 g/mol. The molecule has 2 unspecified atom stereocenters. The number of aliphatic hydroxyl groups excluding tert-OH is 1. The summed E-state index contributed by atoms with van der Waals surface area (Å²) in [5.41, 5.74) is -0.0749. The monoisotopic (exact) mass is 300 g/mol. The van der Waals surface area contributed by atoms with E-state index >= 15 is 0 Å². The molecule has 0 spiro atoms. The summed E-state index contributed by atoms with van der Waals surface area (Å²) in [5.74, 6) is 1.53. The summed E-state index contributed by atoms with van der Waals surface area (Å²) in [4.78, 5) is 4.29. The minimum atomic E-state index is -0.0749. The van der Waals surface area contributed by atoms with E-state index in [1.165, 1.54) is 12.8 Å². The van der Waals surface area contributed by atoms with Crippen LogP contribution in [0.25, 0.3) is 0 Å². The fourth-order valence-corrected chi connectivity index (χ4v) is 4.18. The first kappa shape index (κ1) is 15.1. The van der Waals surface area contributed by atoms with Crippen LogP contribution < -0.4 is 5.32 Å². The zero-order valence-corrected chi connectivity index (χ0v) is 12.8. The van der Waals surface area contributed by atoms with E-state index in [9.17, 15) is 5.11 Å². The first-order valence-corrected chi connectivity index (χ1v) is 8.11. The van der Waals surface area contributed by atoms with Crippen LogP contribution in [0.3, 0.4) is 0 Å². The number of nitrogens with one attached hydrogen (secondary N) is 1. The number of pyridine rings is 1. The van der Waals surface area contributed by atoms with Gasteiger partial charge in [-0.15, -0.1) is 11.8 Å². The molecule has 3 nitrogen and oxygen atoms in total.